The van der Waals surface area contributed by atoms with Crippen molar-refractivity contribution in [1.82, 2.24) is 20.4 Å². The Kier molecular flexibility index (Phi) is 5.30. The number of phenolic OH excluding ortho intramolecular Hbond substituents is 1. The van der Waals surface area contributed by atoms with Crippen LogP contribution in [0.5, 0.6) is 11.5 Å². The zero-order chi connectivity index (χ0) is 22.1. The summed E-state index contributed by atoms with van der Waals surface area (Å²) in [5.74, 6) is 1.22. The number of benzene rings is 3. The summed E-state index contributed by atoms with van der Waals surface area (Å²) in [4.78, 5) is 0. The van der Waals surface area contributed by atoms with Gasteiger partial charge in [-0.2, -0.15) is 0 Å². The molecule has 5 aromatic rings. The highest BCUT2D eigenvalue weighted by atomic mass is 35.5. The second kappa shape index (κ2) is 8.41. The summed E-state index contributed by atoms with van der Waals surface area (Å²) in [7, 11) is 1.51. The minimum absolute atomic E-state index is 0.0943. The van der Waals surface area contributed by atoms with Gasteiger partial charge in [0.05, 0.1) is 12.7 Å². The van der Waals surface area contributed by atoms with E-state index in [1.165, 1.54) is 30.6 Å². The monoisotopic (exact) mass is 462 g/mol. The Morgan fingerprint density at radius 3 is 2.03 bits per heavy atom. The second-order valence-corrected chi connectivity index (χ2v) is 8.21. The van der Waals surface area contributed by atoms with E-state index in [-0.39, 0.29) is 5.75 Å². The highest BCUT2D eigenvalue weighted by Gasteiger charge is 2.16. The molecule has 0 aliphatic rings. The van der Waals surface area contributed by atoms with Crippen molar-refractivity contribution in [3.63, 3.8) is 0 Å². The number of rotatable bonds is 5. The van der Waals surface area contributed by atoms with Gasteiger partial charge in [-0.15, -0.1) is 20.4 Å². The van der Waals surface area contributed by atoms with E-state index in [4.69, 9.17) is 20.8 Å². The number of hydrogen-bond acceptors (Lipinski definition) is 8. The zero-order valence-electron chi connectivity index (χ0n) is 16.7. The van der Waals surface area contributed by atoms with Gasteiger partial charge in [-0.05, 0) is 36.4 Å². The molecular formula is C23H15ClN4O3S. The third-order valence-electron chi connectivity index (χ3n) is 4.74. The first-order chi connectivity index (χ1) is 15.6. The van der Waals surface area contributed by atoms with Crippen LogP contribution in [0.15, 0.2) is 71.1 Å². The molecule has 0 bridgehead atoms. The summed E-state index contributed by atoms with van der Waals surface area (Å²) in [5.41, 5.74) is 3.28. The average Bonchev–Trinajstić information content (AvgIpc) is 3.50. The molecule has 0 spiro atoms. The van der Waals surface area contributed by atoms with E-state index in [1.807, 2.05) is 48.5 Å². The molecule has 0 saturated heterocycles. The maximum Gasteiger partial charge on any atom is 0.251 e. The molecule has 0 saturated carbocycles. The molecule has 5 rings (SSSR count). The van der Waals surface area contributed by atoms with Crippen molar-refractivity contribution in [1.29, 1.82) is 0 Å². The SMILES string of the molecule is COc1cc(O)ccc1-c1nnc(-c2ccc(-c3nnc(-c4ccc(Cl)cc4)s3)cc2)o1. The first-order valence-corrected chi connectivity index (χ1v) is 10.7. The molecule has 1 N–H and O–H groups in total. The van der Waals surface area contributed by atoms with Crippen LogP contribution in [0.25, 0.3) is 44.1 Å². The second-order valence-electron chi connectivity index (χ2n) is 6.79. The Labute approximate surface area is 191 Å². The van der Waals surface area contributed by atoms with E-state index in [0.717, 1.165) is 26.7 Å². The molecule has 0 fully saturated rings. The van der Waals surface area contributed by atoms with E-state index in [1.54, 1.807) is 6.07 Å². The quantitative estimate of drug-likeness (QED) is 0.344. The van der Waals surface area contributed by atoms with Gasteiger partial charge in [-0.25, -0.2) is 0 Å². The van der Waals surface area contributed by atoms with Gasteiger partial charge in [0.25, 0.3) is 5.89 Å². The molecule has 2 heterocycles. The fourth-order valence-corrected chi connectivity index (χ4v) is 4.09. The smallest absolute Gasteiger partial charge is 0.251 e. The standard InChI is InChI=1S/C23H15ClN4O3S/c1-30-19-12-17(29)10-11-18(19)21-26-25-20(31-21)13-2-4-14(5-3-13)22-27-28-23(32-22)15-6-8-16(24)9-7-15/h2-12,29H,1H3. The molecule has 7 nitrogen and oxygen atoms in total. The predicted molar refractivity (Wildman–Crippen MR) is 123 cm³/mol. The molecule has 0 aliphatic carbocycles. The molecule has 0 atom stereocenters. The fraction of sp³-hybridized carbons (Fsp3) is 0.0435. The minimum Gasteiger partial charge on any atom is -0.508 e. The summed E-state index contributed by atoms with van der Waals surface area (Å²) in [6.45, 7) is 0. The summed E-state index contributed by atoms with van der Waals surface area (Å²) < 4.78 is 11.1. The van der Waals surface area contributed by atoms with Gasteiger partial charge in [-0.3, -0.25) is 0 Å². The molecule has 2 aromatic heterocycles. The Morgan fingerprint density at radius 1 is 0.781 bits per heavy atom. The van der Waals surface area contributed by atoms with Crippen molar-refractivity contribution in [3.8, 4) is 55.5 Å². The fourth-order valence-electron chi connectivity index (χ4n) is 3.11. The van der Waals surface area contributed by atoms with Gasteiger partial charge in [0.15, 0.2) is 0 Å². The Bertz CT molecular complexity index is 1380. The van der Waals surface area contributed by atoms with Crippen LogP contribution in [0, 0.1) is 0 Å². The van der Waals surface area contributed by atoms with Gasteiger partial charge in [0.1, 0.15) is 21.5 Å². The van der Waals surface area contributed by atoms with Crippen LogP contribution in [0.1, 0.15) is 0 Å². The van der Waals surface area contributed by atoms with E-state index < -0.39 is 0 Å². The third-order valence-corrected chi connectivity index (χ3v) is 6.01. The summed E-state index contributed by atoms with van der Waals surface area (Å²) in [6, 6.07) is 19.9. The summed E-state index contributed by atoms with van der Waals surface area (Å²) in [5, 5.41) is 28.8. The largest absolute Gasteiger partial charge is 0.508 e. The molecule has 9 heteroatoms. The molecule has 0 radical (unpaired) electrons. The number of nitrogens with zero attached hydrogens (tertiary/aromatic N) is 4. The van der Waals surface area contributed by atoms with Crippen molar-refractivity contribution >= 4 is 22.9 Å². The number of halogens is 1. The van der Waals surface area contributed by atoms with E-state index in [0.29, 0.717) is 28.1 Å². The van der Waals surface area contributed by atoms with Crippen molar-refractivity contribution in [2.45, 2.75) is 0 Å². The van der Waals surface area contributed by atoms with E-state index in [2.05, 4.69) is 20.4 Å². The third kappa shape index (κ3) is 3.93. The first-order valence-electron chi connectivity index (χ1n) is 9.52. The lowest BCUT2D eigenvalue weighted by molar-refractivity contribution is 0.407. The van der Waals surface area contributed by atoms with Gasteiger partial charge < -0.3 is 14.3 Å². The number of hydrogen-bond donors (Lipinski definition) is 1. The molecule has 3 aromatic carbocycles. The van der Waals surface area contributed by atoms with Crippen LogP contribution in [-0.4, -0.2) is 32.6 Å². The normalized spacial score (nSPS) is 10.9. The van der Waals surface area contributed by atoms with Gasteiger partial charge >= 0.3 is 0 Å². The maximum atomic E-state index is 9.64. The number of methoxy groups -OCH3 is 1. The van der Waals surface area contributed by atoms with Gasteiger partial charge in [0.2, 0.25) is 5.89 Å². The lowest BCUT2D eigenvalue weighted by Gasteiger charge is -2.04. The molecule has 158 valence electrons. The number of aromatic nitrogens is 4. The first kappa shape index (κ1) is 20.2. The Balaban J connectivity index is 1.39. The highest BCUT2D eigenvalue weighted by Crippen LogP contribution is 2.35. The van der Waals surface area contributed by atoms with Crippen molar-refractivity contribution in [3.05, 3.63) is 71.8 Å². The maximum absolute atomic E-state index is 9.64. The number of phenols is 1. The van der Waals surface area contributed by atoms with Crippen LogP contribution in [-0.2, 0) is 0 Å². The van der Waals surface area contributed by atoms with Crippen LogP contribution in [0.3, 0.4) is 0 Å². The topological polar surface area (TPSA) is 94.2 Å². The molecular weight excluding hydrogens is 448 g/mol. The van der Waals surface area contributed by atoms with Crippen LogP contribution in [0.2, 0.25) is 5.02 Å². The summed E-state index contributed by atoms with van der Waals surface area (Å²) in [6.07, 6.45) is 0. The average molecular weight is 463 g/mol. The lowest BCUT2D eigenvalue weighted by Crippen LogP contribution is -1.87. The number of aromatic hydroxyl groups is 1. The Morgan fingerprint density at radius 2 is 1.38 bits per heavy atom. The van der Waals surface area contributed by atoms with E-state index >= 15 is 0 Å². The minimum atomic E-state index is 0.0943. The van der Waals surface area contributed by atoms with Crippen molar-refractivity contribution in [2.75, 3.05) is 7.11 Å². The van der Waals surface area contributed by atoms with Crippen LogP contribution in [0.4, 0.5) is 0 Å². The lowest BCUT2D eigenvalue weighted by atomic mass is 10.1. The molecule has 32 heavy (non-hydrogen) atoms. The van der Waals surface area contributed by atoms with Crippen LogP contribution < -0.4 is 4.74 Å². The summed E-state index contributed by atoms with van der Waals surface area (Å²) >= 11 is 7.46. The van der Waals surface area contributed by atoms with Gasteiger partial charge in [0, 0.05) is 27.8 Å². The molecule has 0 aliphatic heterocycles. The Hall–Kier alpha value is -3.75. The number of ether oxygens (including phenoxy) is 1. The predicted octanol–water partition coefficient (Wildman–Crippen LogP) is 5.96. The zero-order valence-corrected chi connectivity index (χ0v) is 18.3. The van der Waals surface area contributed by atoms with E-state index in [9.17, 15) is 5.11 Å². The van der Waals surface area contributed by atoms with Crippen LogP contribution >= 0.6 is 22.9 Å². The van der Waals surface area contributed by atoms with Gasteiger partial charge in [-0.1, -0.05) is 47.2 Å². The molecule has 0 unspecified atom stereocenters. The highest BCUT2D eigenvalue weighted by molar-refractivity contribution is 7.17. The van der Waals surface area contributed by atoms with Crippen molar-refractivity contribution < 1.29 is 14.3 Å². The molecule has 0 amide bonds. The van der Waals surface area contributed by atoms with Crippen molar-refractivity contribution in [2.24, 2.45) is 0 Å².